The van der Waals surface area contributed by atoms with Gasteiger partial charge in [-0.05, 0) is 30.7 Å². The van der Waals surface area contributed by atoms with E-state index in [0.29, 0.717) is 11.1 Å². The predicted octanol–water partition coefficient (Wildman–Crippen LogP) is 4.32. The molecule has 0 aliphatic rings. The number of carbonyl (C=O) groups is 1. The van der Waals surface area contributed by atoms with Crippen LogP contribution in [0.5, 0.6) is 5.75 Å². The molecular formula is C20H16O4S. The van der Waals surface area contributed by atoms with Crippen molar-refractivity contribution < 1.29 is 17.4 Å². The number of hydrogen-bond donors (Lipinski definition) is 0. The minimum Gasteiger partial charge on any atom is -0.378 e. The fourth-order valence-electron chi connectivity index (χ4n) is 2.42. The first-order chi connectivity index (χ1) is 12.0. The second-order valence-electron chi connectivity index (χ2n) is 5.48. The molecule has 0 aliphatic heterocycles. The molecule has 0 bridgehead atoms. The number of Topliss-reactive ketones (excluding diaryl/α,β-unsaturated/α-hetero) is 1. The summed E-state index contributed by atoms with van der Waals surface area (Å²) in [5.41, 5.74) is 2.00. The Morgan fingerprint density at radius 1 is 0.800 bits per heavy atom. The zero-order valence-corrected chi connectivity index (χ0v) is 14.4. The average Bonchev–Trinajstić information content (AvgIpc) is 2.63. The van der Waals surface area contributed by atoms with Crippen LogP contribution in [0, 0.1) is 0 Å². The SMILES string of the molecule is CC(=O)c1ccc(S(=O)(=O)Oc2ccccc2-c2ccccc2)cc1. The lowest BCUT2D eigenvalue weighted by Crippen LogP contribution is -2.10. The van der Waals surface area contributed by atoms with Gasteiger partial charge >= 0.3 is 10.1 Å². The number of rotatable bonds is 5. The molecule has 0 aromatic heterocycles. The minimum atomic E-state index is -4.00. The molecule has 3 rings (SSSR count). The summed E-state index contributed by atoms with van der Waals surface area (Å²) in [6, 6.07) is 22.1. The van der Waals surface area contributed by atoms with Gasteiger partial charge in [-0.15, -0.1) is 0 Å². The Balaban J connectivity index is 1.95. The lowest BCUT2D eigenvalue weighted by atomic mass is 10.1. The van der Waals surface area contributed by atoms with Crippen molar-refractivity contribution in [1.82, 2.24) is 0 Å². The molecule has 0 saturated heterocycles. The smallest absolute Gasteiger partial charge is 0.339 e. The van der Waals surface area contributed by atoms with Crippen LogP contribution in [-0.2, 0) is 10.1 Å². The van der Waals surface area contributed by atoms with Gasteiger partial charge in [0.25, 0.3) is 0 Å². The highest BCUT2D eigenvalue weighted by Gasteiger charge is 2.19. The van der Waals surface area contributed by atoms with E-state index in [2.05, 4.69) is 0 Å². The van der Waals surface area contributed by atoms with E-state index in [-0.39, 0.29) is 16.4 Å². The molecule has 0 aliphatic carbocycles. The van der Waals surface area contributed by atoms with Gasteiger partial charge in [0.05, 0.1) is 0 Å². The highest BCUT2D eigenvalue weighted by Crippen LogP contribution is 2.31. The molecule has 0 radical (unpaired) electrons. The molecule has 0 N–H and O–H groups in total. The normalized spacial score (nSPS) is 11.1. The van der Waals surface area contributed by atoms with Crippen molar-refractivity contribution in [2.45, 2.75) is 11.8 Å². The molecule has 0 amide bonds. The van der Waals surface area contributed by atoms with Crippen molar-refractivity contribution in [3.05, 3.63) is 84.4 Å². The zero-order chi connectivity index (χ0) is 17.9. The van der Waals surface area contributed by atoms with Gasteiger partial charge in [-0.2, -0.15) is 8.42 Å². The van der Waals surface area contributed by atoms with Crippen LogP contribution in [-0.4, -0.2) is 14.2 Å². The quantitative estimate of drug-likeness (QED) is 0.507. The van der Waals surface area contributed by atoms with E-state index in [1.54, 1.807) is 18.2 Å². The molecule has 3 aromatic carbocycles. The van der Waals surface area contributed by atoms with Crippen LogP contribution in [0.25, 0.3) is 11.1 Å². The van der Waals surface area contributed by atoms with Gasteiger partial charge in [-0.25, -0.2) is 0 Å². The molecule has 126 valence electrons. The average molecular weight is 352 g/mol. The summed E-state index contributed by atoms with van der Waals surface area (Å²) in [5.74, 6) is 0.128. The van der Waals surface area contributed by atoms with Gasteiger partial charge in [0.1, 0.15) is 4.90 Å². The fourth-order valence-corrected chi connectivity index (χ4v) is 3.37. The van der Waals surface area contributed by atoms with Crippen LogP contribution < -0.4 is 4.18 Å². The first kappa shape index (κ1) is 16.9. The van der Waals surface area contributed by atoms with Crippen LogP contribution in [0.2, 0.25) is 0 Å². The molecule has 5 heteroatoms. The highest BCUT2D eigenvalue weighted by molar-refractivity contribution is 7.87. The van der Waals surface area contributed by atoms with Gasteiger partial charge in [0.2, 0.25) is 0 Å². The Hall–Kier alpha value is -2.92. The maximum Gasteiger partial charge on any atom is 0.339 e. The topological polar surface area (TPSA) is 60.4 Å². The van der Waals surface area contributed by atoms with Crippen molar-refractivity contribution in [2.75, 3.05) is 0 Å². The summed E-state index contributed by atoms with van der Waals surface area (Å²) in [6.07, 6.45) is 0. The Kier molecular flexibility index (Phi) is 4.67. The van der Waals surface area contributed by atoms with Crippen molar-refractivity contribution in [2.24, 2.45) is 0 Å². The number of hydrogen-bond acceptors (Lipinski definition) is 4. The summed E-state index contributed by atoms with van der Waals surface area (Å²) < 4.78 is 30.5. The number of para-hydroxylation sites is 1. The molecule has 0 spiro atoms. The van der Waals surface area contributed by atoms with Gasteiger partial charge < -0.3 is 4.18 Å². The van der Waals surface area contributed by atoms with Crippen molar-refractivity contribution in [3.63, 3.8) is 0 Å². The fraction of sp³-hybridized carbons (Fsp3) is 0.0500. The first-order valence-corrected chi connectivity index (χ1v) is 9.08. The van der Waals surface area contributed by atoms with Crippen molar-refractivity contribution in [1.29, 1.82) is 0 Å². The molecule has 0 fully saturated rings. The zero-order valence-electron chi connectivity index (χ0n) is 13.5. The maximum absolute atomic E-state index is 12.6. The van der Waals surface area contributed by atoms with Gasteiger partial charge in [-0.1, -0.05) is 60.7 Å². The Bertz CT molecular complexity index is 991. The van der Waals surface area contributed by atoms with Crippen LogP contribution in [0.1, 0.15) is 17.3 Å². The summed E-state index contributed by atoms with van der Waals surface area (Å²) >= 11 is 0. The lowest BCUT2D eigenvalue weighted by molar-refractivity contribution is 0.101. The van der Waals surface area contributed by atoms with E-state index in [4.69, 9.17) is 4.18 Å². The standard InChI is InChI=1S/C20H16O4S/c1-15(21)16-11-13-18(14-12-16)25(22,23)24-20-10-6-5-9-19(20)17-7-3-2-4-8-17/h2-14H,1H3. The molecule has 4 nitrogen and oxygen atoms in total. The van der Waals surface area contributed by atoms with Crippen LogP contribution in [0.4, 0.5) is 0 Å². The first-order valence-electron chi connectivity index (χ1n) is 7.67. The third kappa shape index (κ3) is 3.78. The molecular weight excluding hydrogens is 336 g/mol. The van der Waals surface area contributed by atoms with Crippen LogP contribution in [0.15, 0.2) is 83.8 Å². The third-order valence-corrected chi connectivity index (χ3v) is 4.97. The van der Waals surface area contributed by atoms with E-state index in [0.717, 1.165) is 5.56 Å². The molecule has 0 heterocycles. The second-order valence-corrected chi connectivity index (χ2v) is 7.03. The predicted molar refractivity (Wildman–Crippen MR) is 96.1 cm³/mol. The summed E-state index contributed by atoms with van der Waals surface area (Å²) in [4.78, 5) is 11.3. The maximum atomic E-state index is 12.6. The Morgan fingerprint density at radius 2 is 1.40 bits per heavy atom. The molecule has 0 atom stereocenters. The summed E-state index contributed by atoms with van der Waals surface area (Å²) in [5, 5.41) is 0. The molecule has 3 aromatic rings. The van der Waals surface area contributed by atoms with Crippen LogP contribution in [0.3, 0.4) is 0 Å². The largest absolute Gasteiger partial charge is 0.378 e. The van der Waals surface area contributed by atoms with Crippen LogP contribution >= 0.6 is 0 Å². The summed E-state index contributed by atoms with van der Waals surface area (Å²) in [7, 11) is -4.00. The third-order valence-electron chi connectivity index (χ3n) is 3.72. The second kappa shape index (κ2) is 6.91. The van der Waals surface area contributed by atoms with Crippen molar-refractivity contribution >= 4 is 15.9 Å². The monoisotopic (exact) mass is 352 g/mol. The Labute approximate surface area is 146 Å². The number of ketones is 1. The van der Waals surface area contributed by atoms with E-state index in [1.165, 1.54) is 31.2 Å². The lowest BCUT2D eigenvalue weighted by Gasteiger charge is -2.12. The highest BCUT2D eigenvalue weighted by atomic mass is 32.2. The van der Waals surface area contributed by atoms with E-state index >= 15 is 0 Å². The summed E-state index contributed by atoms with van der Waals surface area (Å²) in [6.45, 7) is 1.43. The van der Waals surface area contributed by atoms with Gasteiger partial charge in [-0.3, -0.25) is 4.79 Å². The van der Waals surface area contributed by atoms with Crippen molar-refractivity contribution in [3.8, 4) is 16.9 Å². The molecule has 0 unspecified atom stereocenters. The van der Waals surface area contributed by atoms with E-state index < -0.39 is 10.1 Å². The van der Waals surface area contributed by atoms with E-state index in [1.807, 2.05) is 36.4 Å². The minimum absolute atomic E-state index is 0.000338. The molecule has 0 saturated carbocycles. The van der Waals surface area contributed by atoms with E-state index in [9.17, 15) is 13.2 Å². The number of benzene rings is 3. The molecule has 25 heavy (non-hydrogen) atoms. The Morgan fingerprint density at radius 3 is 2.04 bits per heavy atom. The van der Waals surface area contributed by atoms with Gasteiger partial charge in [0, 0.05) is 11.1 Å². The van der Waals surface area contributed by atoms with Gasteiger partial charge in [0.15, 0.2) is 11.5 Å². The number of carbonyl (C=O) groups excluding carboxylic acids is 1.